The van der Waals surface area contributed by atoms with Crippen LogP contribution in [0.3, 0.4) is 0 Å². The van der Waals surface area contributed by atoms with E-state index in [9.17, 15) is 17.9 Å². The minimum Gasteiger partial charge on any atom is -0.0993 e. The lowest BCUT2D eigenvalue weighted by Crippen LogP contribution is -2.53. The quantitative estimate of drug-likeness (QED) is 0.340. The molecule has 0 spiro atoms. The maximum Gasteiger partial charge on any atom is 0.206 e. The molecule has 0 rings (SSSR count). The van der Waals surface area contributed by atoms with E-state index in [1.165, 1.54) is 0 Å². The highest BCUT2D eigenvalue weighted by Gasteiger charge is 2.48. The predicted octanol–water partition coefficient (Wildman–Crippen LogP) is 3.00. The van der Waals surface area contributed by atoms with Gasteiger partial charge in [-0.1, -0.05) is 49.8 Å². The molecule has 0 aliphatic heterocycles. The summed E-state index contributed by atoms with van der Waals surface area (Å²) in [7, 11) is 0. The van der Waals surface area contributed by atoms with Crippen LogP contribution >= 0.6 is 31.9 Å². The normalized spacial score (nSPS) is 15.8. The summed E-state index contributed by atoms with van der Waals surface area (Å²) < 4.78 is 48.1. The first kappa shape index (κ1) is 12.6. The molecule has 8 heteroatoms. The van der Waals surface area contributed by atoms with Crippen molar-refractivity contribution in [3.05, 3.63) is 0 Å². The van der Waals surface area contributed by atoms with Crippen molar-refractivity contribution in [3.8, 4) is 0 Å². The van der Waals surface area contributed by atoms with Crippen molar-refractivity contribution in [3.63, 3.8) is 0 Å². The molecule has 0 fully saturated rings. The largest absolute Gasteiger partial charge is 0.206 e. The van der Waals surface area contributed by atoms with Gasteiger partial charge in [0, 0.05) is 16.0 Å². The molecule has 74 valence electrons. The Labute approximate surface area is 83.5 Å². The Morgan fingerprint density at radius 3 is 1.67 bits per heavy atom. The van der Waals surface area contributed by atoms with E-state index in [0.29, 0.717) is 6.92 Å². The van der Waals surface area contributed by atoms with Crippen LogP contribution < -0.4 is 0 Å². The molecule has 0 saturated carbocycles. The molecule has 0 aliphatic rings. The van der Waals surface area contributed by atoms with E-state index in [2.05, 4.69) is 31.9 Å². The lowest BCUT2D eigenvalue weighted by Gasteiger charge is -2.31. The Bertz CT molecular complexity index is 137. The van der Waals surface area contributed by atoms with Crippen molar-refractivity contribution in [1.82, 2.24) is 10.7 Å². The summed E-state index contributed by atoms with van der Waals surface area (Å²) >= 11 is 5.53. The van der Waals surface area contributed by atoms with Crippen molar-refractivity contribution in [2.75, 3.05) is 5.33 Å². The Kier molecular flexibility index (Phi) is 4.97. The molecule has 0 bridgehead atoms. The molecule has 12 heavy (non-hydrogen) atoms. The minimum absolute atomic E-state index is 0.0157. The molecule has 0 amide bonds. The first-order chi connectivity index (χ1) is 5.37. The highest BCUT2D eigenvalue weighted by molar-refractivity contribution is 9.12. The summed E-state index contributed by atoms with van der Waals surface area (Å²) in [4.78, 5) is -1.09. The van der Waals surface area contributed by atoms with Crippen LogP contribution in [-0.2, 0) is 0 Å². The van der Waals surface area contributed by atoms with Crippen molar-refractivity contribution < 1.29 is 17.9 Å². The van der Waals surface area contributed by atoms with Crippen LogP contribution in [0.4, 0.5) is 17.9 Å². The third-order valence-corrected chi connectivity index (χ3v) is 4.12. The van der Waals surface area contributed by atoms with Gasteiger partial charge in [0.05, 0.1) is 4.83 Å². The summed E-state index contributed by atoms with van der Waals surface area (Å²) in [6.07, 6.45) is 0. The second-order valence-corrected chi connectivity index (χ2v) is 3.93. The molecule has 0 heterocycles. The van der Waals surface area contributed by atoms with E-state index in [1.807, 2.05) is 0 Å². The van der Waals surface area contributed by atoms with Gasteiger partial charge in [0.1, 0.15) is 0 Å². The van der Waals surface area contributed by atoms with Crippen molar-refractivity contribution in [2.45, 2.75) is 17.4 Å². The summed E-state index contributed by atoms with van der Waals surface area (Å²) in [6.45, 7) is 0.716. The molecule has 0 aromatic heterocycles. The summed E-state index contributed by atoms with van der Waals surface area (Å²) in [5.74, 6) is 0. The Balaban J connectivity index is 4.61. The van der Waals surface area contributed by atoms with Gasteiger partial charge in [0.2, 0.25) is 5.66 Å². The number of rotatable bonds is 4. The van der Waals surface area contributed by atoms with E-state index in [4.69, 9.17) is 0 Å². The van der Waals surface area contributed by atoms with Crippen LogP contribution in [-0.4, -0.2) is 26.5 Å². The van der Waals surface area contributed by atoms with Crippen molar-refractivity contribution in [1.29, 1.82) is 0 Å². The fourth-order valence-electron chi connectivity index (χ4n) is 0.415. The smallest absolute Gasteiger partial charge is 0.0993 e. The molecular formula is C4H6Br2F4N2. The van der Waals surface area contributed by atoms with Gasteiger partial charge in [-0.25, -0.2) is 0 Å². The van der Waals surface area contributed by atoms with Crippen LogP contribution in [0.1, 0.15) is 6.92 Å². The number of nitrogens with zero attached hydrogens (tertiary/aromatic N) is 2. The van der Waals surface area contributed by atoms with Gasteiger partial charge < -0.3 is 0 Å². The van der Waals surface area contributed by atoms with E-state index < -0.39 is 21.2 Å². The highest BCUT2D eigenvalue weighted by atomic mass is 79.9. The molecule has 0 N–H and O–H groups in total. The Morgan fingerprint density at radius 1 is 1.25 bits per heavy atom. The zero-order valence-corrected chi connectivity index (χ0v) is 9.12. The van der Waals surface area contributed by atoms with Crippen LogP contribution in [0.15, 0.2) is 0 Å². The second-order valence-electron chi connectivity index (χ2n) is 2.18. The fraction of sp³-hybridized carbons (Fsp3) is 1.00. The molecular weight excluding hydrogens is 312 g/mol. The van der Waals surface area contributed by atoms with Crippen LogP contribution in [0, 0.1) is 0 Å². The van der Waals surface area contributed by atoms with Gasteiger partial charge in [0.25, 0.3) is 0 Å². The highest BCUT2D eigenvalue weighted by Crippen LogP contribution is 2.32. The molecule has 1 unspecified atom stereocenters. The fourth-order valence-corrected chi connectivity index (χ4v) is 1.34. The standard InChI is InChI=1S/C4H6Br2F4N2/c1-4(11(7)8,12(9)10)3(6)2-5/h3H,2H2,1H3. The molecule has 0 radical (unpaired) electrons. The third kappa shape index (κ3) is 2.30. The first-order valence-electron chi connectivity index (χ1n) is 2.81. The summed E-state index contributed by atoms with van der Waals surface area (Å²) in [5.41, 5.74) is -2.62. The van der Waals surface area contributed by atoms with Crippen LogP contribution in [0.25, 0.3) is 0 Å². The SMILES string of the molecule is CC(C(Br)CBr)(N(F)F)N(F)F. The van der Waals surface area contributed by atoms with Crippen LogP contribution in [0.2, 0.25) is 0 Å². The van der Waals surface area contributed by atoms with Crippen molar-refractivity contribution in [2.24, 2.45) is 0 Å². The number of hydrogen-bond acceptors (Lipinski definition) is 2. The van der Waals surface area contributed by atoms with Crippen LogP contribution in [0.5, 0.6) is 0 Å². The van der Waals surface area contributed by atoms with Gasteiger partial charge in [-0.2, -0.15) is 0 Å². The van der Waals surface area contributed by atoms with E-state index in [0.717, 1.165) is 0 Å². The maximum absolute atomic E-state index is 12.0. The Morgan fingerprint density at radius 2 is 1.58 bits per heavy atom. The number of halogens is 6. The molecule has 2 nitrogen and oxygen atoms in total. The summed E-state index contributed by atoms with van der Waals surface area (Å²) in [5, 5.41) is -3.08. The average molecular weight is 318 g/mol. The van der Waals surface area contributed by atoms with E-state index in [1.54, 1.807) is 0 Å². The van der Waals surface area contributed by atoms with Gasteiger partial charge in [-0.15, -0.1) is 0 Å². The number of hydrogen-bond donors (Lipinski definition) is 0. The van der Waals surface area contributed by atoms with Gasteiger partial charge in [-0.3, -0.25) is 0 Å². The van der Waals surface area contributed by atoms with Gasteiger partial charge >= 0.3 is 0 Å². The van der Waals surface area contributed by atoms with Gasteiger partial charge in [0.15, 0.2) is 0 Å². The minimum atomic E-state index is -2.62. The van der Waals surface area contributed by atoms with Crippen molar-refractivity contribution >= 4 is 31.9 Å². The predicted molar refractivity (Wildman–Crippen MR) is 43.0 cm³/mol. The van der Waals surface area contributed by atoms with E-state index in [-0.39, 0.29) is 5.33 Å². The van der Waals surface area contributed by atoms with Gasteiger partial charge in [-0.05, 0) is 6.92 Å². The molecule has 0 saturated heterocycles. The Hall–Kier alpha value is 0.600. The molecule has 1 atom stereocenters. The van der Waals surface area contributed by atoms with E-state index >= 15 is 0 Å². The average Bonchev–Trinajstić information content (AvgIpc) is 2.00. The topological polar surface area (TPSA) is 6.48 Å². The monoisotopic (exact) mass is 316 g/mol. The lowest BCUT2D eigenvalue weighted by atomic mass is 10.2. The molecule has 0 aromatic carbocycles. The number of alkyl halides is 2. The lowest BCUT2D eigenvalue weighted by molar-refractivity contribution is -0.363. The molecule has 0 aromatic rings. The molecule has 0 aliphatic carbocycles. The zero-order chi connectivity index (χ0) is 9.94. The maximum atomic E-state index is 12.0. The first-order valence-corrected chi connectivity index (χ1v) is 4.84. The third-order valence-electron chi connectivity index (χ3n) is 1.41. The summed E-state index contributed by atoms with van der Waals surface area (Å²) in [6, 6.07) is 0. The zero-order valence-electron chi connectivity index (χ0n) is 5.95. The second kappa shape index (κ2) is 4.73.